The number of anilines is 2. The Labute approximate surface area is 189 Å². The predicted octanol–water partition coefficient (Wildman–Crippen LogP) is 5.05. The van der Waals surface area contributed by atoms with Gasteiger partial charge in [-0.05, 0) is 68.1 Å². The van der Waals surface area contributed by atoms with Gasteiger partial charge in [0.25, 0.3) is 5.91 Å². The van der Waals surface area contributed by atoms with Crippen molar-refractivity contribution < 1.29 is 22.8 Å². The molecule has 1 amide bonds. The molecule has 9 heteroatoms. The van der Waals surface area contributed by atoms with Crippen LogP contribution in [-0.2, 0) is 11.0 Å². The molecule has 1 aliphatic carbocycles. The number of alkyl halides is 3. The minimum absolute atomic E-state index is 0.0319. The van der Waals surface area contributed by atoms with E-state index < -0.39 is 28.7 Å². The number of halogens is 3. The van der Waals surface area contributed by atoms with E-state index in [1.54, 1.807) is 30.0 Å². The third-order valence-electron chi connectivity index (χ3n) is 5.92. The summed E-state index contributed by atoms with van der Waals surface area (Å²) in [5.74, 6) is -0.403. The highest BCUT2D eigenvalue weighted by atomic mass is 32.1. The van der Waals surface area contributed by atoms with Crippen LogP contribution in [0.2, 0.25) is 0 Å². The maximum Gasteiger partial charge on any atom is 0.417 e. The van der Waals surface area contributed by atoms with E-state index in [2.05, 4.69) is 0 Å². The van der Waals surface area contributed by atoms with Gasteiger partial charge < -0.3 is 9.80 Å². The van der Waals surface area contributed by atoms with Gasteiger partial charge in [-0.2, -0.15) is 18.4 Å². The van der Waals surface area contributed by atoms with Gasteiger partial charge in [-0.25, -0.2) is 0 Å². The summed E-state index contributed by atoms with van der Waals surface area (Å²) in [7, 11) is 1.41. The summed E-state index contributed by atoms with van der Waals surface area (Å²) in [4.78, 5) is 27.5. The zero-order valence-electron chi connectivity index (χ0n) is 17.4. The highest BCUT2D eigenvalue weighted by Gasteiger charge is 2.50. The van der Waals surface area contributed by atoms with Crippen molar-refractivity contribution in [1.29, 1.82) is 5.26 Å². The molecule has 1 fully saturated rings. The van der Waals surface area contributed by atoms with Crippen LogP contribution >= 0.6 is 12.2 Å². The lowest BCUT2D eigenvalue weighted by atomic mass is 9.74. The Balaban J connectivity index is 2.01. The number of nitrogens with zero attached hydrogens (tertiary/aromatic N) is 3. The SMILES string of the molecule is Cc1cc(N(C=S)C2(C(=O)N(C)c3ccc(C#N)c(C(F)(F)F)c3)CCC2)ccc1C=O. The van der Waals surface area contributed by atoms with Crippen LogP contribution in [0.3, 0.4) is 0 Å². The molecule has 2 aromatic carbocycles. The fourth-order valence-electron chi connectivity index (χ4n) is 3.92. The number of carbonyl (C=O) groups excluding carboxylic acids is 2. The monoisotopic (exact) mass is 459 g/mol. The molecule has 1 saturated carbocycles. The Morgan fingerprint density at radius 2 is 1.84 bits per heavy atom. The summed E-state index contributed by atoms with van der Waals surface area (Å²) in [6.45, 7) is 1.77. The van der Waals surface area contributed by atoms with Gasteiger partial charge in [0.2, 0.25) is 0 Å². The molecule has 5 nitrogen and oxygen atoms in total. The second-order valence-electron chi connectivity index (χ2n) is 7.72. The Kier molecular flexibility index (Phi) is 6.37. The lowest BCUT2D eigenvalue weighted by molar-refractivity contribution is -0.137. The molecule has 0 bridgehead atoms. The van der Waals surface area contributed by atoms with Crippen molar-refractivity contribution in [3.63, 3.8) is 0 Å². The summed E-state index contributed by atoms with van der Waals surface area (Å²) in [5, 5.41) is 9.01. The molecule has 0 saturated heterocycles. The molecule has 0 aromatic heterocycles. The van der Waals surface area contributed by atoms with E-state index in [4.69, 9.17) is 17.5 Å². The summed E-state index contributed by atoms with van der Waals surface area (Å²) in [5.41, 5.74) is 0.610. The molecule has 0 heterocycles. The van der Waals surface area contributed by atoms with Crippen molar-refractivity contribution in [1.82, 2.24) is 0 Å². The van der Waals surface area contributed by atoms with Crippen molar-refractivity contribution in [2.75, 3.05) is 16.8 Å². The van der Waals surface area contributed by atoms with Gasteiger partial charge in [-0.15, -0.1) is 0 Å². The smallest absolute Gasteiger partial charge is 0.323 e. The molecule has 0 radical (unpaired) electrons. The van der Waals surface area contributed by atoms with Crippen LogP contribution in [0.1, 0.15) is 46.3 Å². The molecule has 32 heavy (non-hydrogen) atoms. The average molecular weight is 459 g/mol. The molecule has 0 atom stereocenters. The van der Waals surface area contributed by atoms with E-state index in [0.29, 0.717) is 24.1 Å². The Morgan fingerprint density at radius 3 is 2.31 bits per heavy atom. The van der Waals surface area contributed by atoms with Crippen LogP contribution in [-0.4, -0.2) is 30.3 Å². The van der Waals surface area contributed by atoms with Crippen molar-refractivity contribution in [3.8, 4) is 6.07 Å². The van der Waals surface area contributed by atoms with E-state index in [-0.39, 0.29) is 5.69 Å². The quantitative estimate of drug-likeness (QED) is 0.447. The fourth-order valence-corrected chi connectivity index (χ4v) is 4.25. The zero-order chi connectivity index (χ0) is 23.7. The first-order chi connectivity index (χ1) is 15.1. The number of thiocarbonyl (C=S) groups is 1. The molecule has 0 N–H and O–H groups in total. The Bertz CT molecular complexity index is 1120. The van der Waals surface area contributed by atoms with Gasteiger partial charge in [0.05, 0.1) is 22.7 Å². The third-order valence-corrected chi connectivity index (χ3v) is 6.14. The van der Waals surface area contributed by atoms with E-state index >= 15 is 0 Å². The lowest BCUT2D eigenvalue weighted by Gasteiger charge is -2.49. The topological polar surface area (TPSA) is 64.4 Å². The molecule has 2 aromatic rings. The van der Waals surface area contributed by atoms with Crippen molar-refractivity contribution >= 4 is 41.3 Å². The molecule has 1 aliphatic rings. The number of nitriles is 1. The third kappa shape index (κ3) is 3.98. The molecule has 0 spiro atoms. The lowest BCUT2D eigenvalue weighted by Crippen LogP contribution is -2.63. The van der Waals surface area contributed by atoms with E-state index in [0.717, 1.165) is 30.4 Å². The number of aryl methyl sites for hydroxylation is 1. The molecular weight excluding hydrogens is 439 g/mol. The number of rotatable bonds is 6. The Morgan fingerprint density at radius 1 is 1.19 bits per heavy atom. The summed E-state index contributed by atoms with van der Waals surface area (Å²) >= 11 is 5.21. The minimum atomic E-state index is -4.72. The van der Waals surface area contributed by atoms with E-state index in [1.165, 1.54) is 29.6 Å². The first-order valence-corrected chi connectivity index (χ1v) is 10.3. The van der Waals surface area contributed by atoms with Crippen LogP contribution in [0.4, 0.5) is 24.5 Å². The highest BCUT2D eigenvalue weighted by Crippen LogP contribution is 2.43. The van der Waals surface area contributed by atoms with Crippen molar-refractivity contribution in [2.24, 2.45) is 0 Å². The second-order valence-corrected chi connectivity index (χ2v) is 7.93. The number of likely N-dealkylation sites (N-methyl/N-ethyl adjacent to an activating group) is 1. The van der Waals surface area contributed by atoms with Crippen LogP contribution < -0.4 is 9.80 Å². The van der Waals surface area contributed by atoms with Crippen molar-refractivity contribution in [3.05, 3.63) is 58.7 Å². The summed E-state index contributed by atoms with van der Waals surface area (Å²) in [6.07, 6.45) is -2.29. The highest BCUT2D eigenvalue weighted by molar-refractivity contribution is 7.79. The molecule has 166 valence electrons. The number of carbonyl (C=O) groups is 2. The van der Waals surface area contributed by atoms with Crippen LogP contribution in [0.5, 0.6) is 0 Å². The maximum absolute atomic E-state index is 13.6. The number of benzene rings is 2. The maximum atomic E-state index is 13.6. The minimum Gasteiger partial charge on any atom is -0.323 e. The van der Waals surface area contributed by atoms with Crippen molar-refractivity contribution in [2.45, 2.75) is 37.9 Å². The largest absolute Gasteiger partial charge is 0.417 e. The molecule has 3 rings (SSSR count). The van der Waals surface area contributed by atoms with E-state index in [9.17, 15) is 22.8 Å². The van der Waals surface area contributed by atoms with Gasteiger partial charge in [-0.1, -0.05) is 12.2 Å². The predicted molar refractivity (Wildman–Crippen MR) is 119 cm³/mol. The summed E-state index contributed by atoms with van der Waals surface area (Å²) in [6, 6.07) is 9.82. The van der Waals surface area contributed by atoms with Crippen LogP contribution in [0.15, 0.2) is 36.4 Å². The number of aldehydes is 1. The van der Waals surface area contributed by atoms with Gasteiger partial charge >= 0.3 is 6.18 Å². The normalized spacial score (nSPS) is 14.6. The van der Waals surface area contributed by atoms with Gasteiger partial charge in [0, 0.05) is 24.0 Å². The van der Waals surface area contributed by atoms with Gasteiger partial charge in [0.15, 0.2) is 0 Å². The van der Waals surface area contributed by atoms with Gasteiger partial charge in [0.1, 0.15) is 11.8 Å². The summed E-state index contributed by atoms with van der Waals surface area (Å²) < 4.78 is 40.2. The number of hydrogen-bond acceptors (Lipinski definition) is 4. The average Bonchev–Trinajstić information content (AvgIpc) is 2.74. The molecular formula is C23H20F3N3O2S. The van der Waals surface area contributed by atoms with E-state index in [1.807, 2.05) is 0 Å². The second kappa shape index (κ2) is 8.71. The standard InChI is InChI=1S/C23H20F3N3O2S/c1-15-10-19(7-5-17(15)13-30)29(14-32)22(8-3-9-22)21(31)28(2)18-6-4-16(12-27)20(11-18)23(24,25)26/h4-7,10-11,13-14H,3,8-9H2,1-2H3. The van der Waals surface area contributed by atoms with Crippen LogP contribution in [0.25, 0.3) is 0 Å². The zero-order valence-corrected chi connectivity index (χ0v) is 18.3. The molecule has 0 aliphatic heterocycles. The Hall–Kier alpha value is -3.25. The first kappa shape index (κ1) is 23.4. The fraction of sp³-hybridized carbons (Fsp3) is 0.304. The van der Waals surface area contributed by atoms with Gasteiger partial charge in [-0.3, -0.25) is 9.59 Å². The first-order valence-electron chi connectivity index (χ1n) is 9.79. The van der Waals surface area contributed by atoms with Crippen LogP contribution in [0, 0.1) is 18.3 Å². The number of hydrogen-bond donors (Lipinski definition) is 0. The number of amides is 1. The molecule has 0 unspecified atom stereocenters.